The van der Waals surface area contributed by atoms with E-state index in [-0.39, 0.29) is 0 Å². The van der Waals surface area contributed by atoms with Crippen molar-refractivity contribution >= 4 is 12.0 Å². The third-order valence-electron chi connectivity index (χ3n) is 2.07. The first-order valence-electron chi connectivity index (χ1n) is 4.03. The van der Waals surface area contributed by atoms with Crippen LogP contribution in [0.15, 0.2) is 24.4 Å². The van der Waals surface area contributed by atoms with Gasteiger partial charge in [-0.3, -0.25) is 0 Å². The Morgan fingerprint density at radius 1 is 1.46 bits per heavy atom. The highest BCUT2D eigenvalue weighted by Crippen LogP contribution is 2.16. The molecule has 1 aromatic rings. The Morgan fingerprint density at radius 2 is 2.31 bits per heavy atom. The molecule has 3 nitrogen and oxygen atoms in total. The Kier molecular flexibility index (Phi) is 1.77. The number of carboxylic acid groups (broad SMARTS) is 1. The van der Waals surface area contributed by atoms with E-state index in [0.29, 0.717) is 5.56 Å². The van der Waals surface area contributed by atoms with Crippen molar-refractivity contribution < 1.29 is 9.90 Å². The zero-order valence-corrected chi connectivity index (χ0v) is 6.95. The number of hydrogen-bond donors (Lipinski definition) is 2. The third-order valence-corrected chi connectivity index (χ3v) is 2.07. The molecule has 3 heteroatoms. The van der Waals surface area contributed by atoms with Crippen LogP contribution in [0, 0.1) is 0 Å². The number of nitrogens with one attached hydrogen (secondary N) is 1. The smallest absolute Gasteiger partial charge is 0.335 e. The van der Waals surface area contributed by atoms with Gasteiger partial charge in [-0.1, -0.05) is 6.07 Å². The van der Waals surface area contributed by atoms with Gasteiger partial charge in [-0.05, 0) is 35.5 Å². The SMILES string of the molecule is O=C(O)c1ccc2c(c1)C=CNC2. The van der Waals surface area contributed by atoms with E-state index < -0.39 is 5.97 Å². The fourth-order valence-corrected chi connectivity index (χ4v) is 1.36. The first-order valence-corrected chi connectivity index (χ1v) is 4.03. The molecule has 1 aliphatic heterocycles. The van der Waals surface area contributed by atoms with Crippen molar-refractivity contribution in [3.8, 4) is 0 Å². The van der Waals surface area contributed by atoms with Crippen LogP contribution < -0.4 is 5.32 Å². The van der Waals surface area contributed by atoms with Crippen LogP contribution in [0.5, 0.6) is 0 Å². The van der Waals surface area contributed by atoms with Crippen LogP contribution in [0.25, 0.3) is 6.08 Å². The second-order valence-electron chi connectivity index (χ2n) is 2.93. The molecule has 2 N–H and O–H groups in total. The van der Waals surface area contributed by atoms with E-state index in [2.05, 4.69) is 5.32 Å². The summed E-state index contributed by atoms with van der Waals surface area (Å²) in [6.45, 7) is 0.770. The molecule has 1 aliphatic rings. The fraction of sp³-hybridized carbons (Fsp3) is 0.100. The summed E-state index contributed by atoms with van der Waals surface area (Å²) in [6.07, 6.45) is 3.71. The molecule has 0 bridgehead atoms. The first-order chi connectivity index (χ1) is 6.27. The minimum Gasteiger partial charge on any atom is -0.478 e. The predicted octanol–water partition coefficient (Wildman–Crippen LogP) is 1.46. The summed E-state index contributed by atoms with van der Waals surface area (Å²) in [5.41, 5.74) is 2.46. The average Bonchev–Trinajstić information content (AvgIpc) is 2.17. The number of aromatic carboxylic acids is 1. The van der Waals surface area contributed by atoms with E-state index in [1.165, 1.54) is 0 Å². The van der Waals surface area contributed by atoms with E-state index >= 15 is 0 Å². The van der Waals surface area contributed by atoms with Crippen molar-refractivity contribution in [2.45, 2.75) is 6.54 Å². The van der Waals surface area contributed by atoms with E-state index in [1.54, 1.807) is 12.1 Å². The van der Waals surface area contributed by atoms with Gasteiger partial charge in [-0.15, -0.1) is 0 Å². The van der Waals surface area contributed by atoms with Gasteiger partial charge in [-0.25, -0.2) is 4.79 Å². The van der Waals surface area contributed by atoms with Crippen LogP contribution >= 0.6 is 0 Å². The number of fused-ring (bicyclic) bond motifs is 1. The molecule has 0 atom stereocenters. The van der Waals surface area contributed by atoms with Gasteiger partial charge in [0, 0.05) is 6.54 Å². The van der Waals surface area contributed by atoms with Gasteiger partial charge in [0.15, 0.2) is 0 Å². The van der Waals surface area contributed by atoms with Gasteiger partial charge in [0.1, 0.15) is 0 Å². The van der Waals surface area contributed by atoms with Gasteiger partial charge in [-0.2, -0.15) is 0 Å². The van der Waals surface area contributed by atoms with Crippen molar-refractivity contribution in [2.75, 3.05) is 0 Å². The zero-order valence-electron chi connectivity index (χ0n) is 6.95. The summed E-state index contributed by atoms with van der Waals surface area (Å²) in [5.74, 6) is -0.880. The Balaban J connectivity index is 2.48. The Morgan fingerprint density at radius 3 is 3.08 bits per heavy atom. The van der Waals surface area contributed by atoms with Crippen LogP contribution in [0.4, 0.5) is 0 Å². The highest BCUT2D eigenvalue weighted by molar-refractivity contribution is 5.88. The van der Waals surface area contributed by atoms with Crippen LogP contribution in [0.1, 0.15) is 21.5 Å². The Labute approximate surface area is 75.7 Å². The number of carboxylic acids is 1. The lowest BCUT2D eigenvalue weighted by Gasteiger charge is -2.11. The highest BCUT2D eigenvalue weighted by atomic mass is 16.4. The quantitative estimate of drug-likeness (QED) is 0.679. The molecular weight excluding hydrogens is 166 g/mol. The fourth-order valence-electron chi connectivity index (χ4n) is 1.36. The molecule has 1 heterocycles. The lowest BCUT2D eigenvalue weighted by atomic mass is 10.0. The van der Waals surface area contributed by atoms with Crippen LogP contribution in [-0.4, -0.2) is 11.1 Å². The molecule has 0 unspecified atom stereocenters. The van der Waals surface area contributed by atoms with Crippen LogP contribution in [-0.2, 0) is 6.54 Å². The monoisotopic (exact) mass is 175 g/mol. The largest absolute Gasteiger partial charge is 0.478 e. The summed E-state index contributed by atoms with van der Waals surface area (Å²) in [6, 6.07) is 5.16. The van der Waals surface area contributed by atoms with Crippen molar-refractivity contribution in [1.29, 1.82) is 0 Å². The molecule has 0 saturated carbocycles. The normalized spacial score (nSPS) is 13.2. The molecule has 1 aromatic carbocycles. The zero-order chi connectivity index (χ0) is 9.26. The molecule has 66 valence electrons. The summed E-state index contributed by atoms with van der Waals surface area (Å²) in [4.78, 5) is 10.6. The Bertz CT molecular complexity index is 383. The van der Waals surface area contributed by atoms with Crippen molar-refractivity contribution in [3.05, 3.63) is 41.1 Å². The van der Waals surface area contributed by atoms with Crippen molar-refractivity contribution in [1.82, 2.24) is 5.32 Å². The number of rotatable bonds is 1. The molecule has 0 aliphatic carbocycles. The van der Waals surface area contributed by atoms with Crippen LogP contribution in [0.3, 0.4) is 0 Å². The van der Waals surface area contributed by atoms with Gasteiger partial charge >= 0.3 is 5.97 Å². The second kappa shape index (κ2) is 2.94. The molecule has 0 aromatic heterocycles. The molecule has 0 fully saturated rings. The van der Waals surface area contributed by atoms with Crippen molar-refractivity contribution in [3.63, 3.8) is 0 Å². The first kappa shape index (κ1) is 7.86. The molecule has 2 rings (SSSR count). The summed E-state index contributed by atoms with van der Waals surface area (Å²) < 4.78 is 0. The second-order valence-corrected chi connectivity index (χ2v) is 2.93. The molecule has 0 spiro atoms. The molecule has 0 amide bonds. The van der Waals surface area contributed by atoms with Crippen LogP contribution in [0.2, 0.25) is 0 Å². The molecule has 0 radical (unpaired) electrons. The standard InChI is InChI=1S/C10H9NO2/c12-10(13)8-1-2-9-6-11-4-3-7(9)5-8/h1-5,11H,6H2,(H,12,13). The van der Waals surface area contributed by atoms with E-state index in [4.69, 9.17) is 5.11 Å². The number of hydrogen-bond acceptors (Lipinski definition) is 2. The Hall–Kier alpha value is -1.77. The average molecular weight is 175 g/mol. The lowest BCUT2D eigenvalue weighted by Crippen LogP contribution is -2.10. The van der Waals surface area contributed by atoms with Gasteiger partial charge in [0.25, 0.3) is 0 Å². The molecule has 13 heavy (non-hydrogen) atoms. The maximum Gasteiger partial charge on any atom is 0.335 e. The maximum atomic E-state index is 10.6. The minimum absolute atomic E-state index is 0.338. The lowest BCUT2D eigenvalue weighted by molar-refractivity contribution is 0.0697. The summed E-state index contributed by atoms with van der Waals surface area (Å²) in [7, 11) is 0. The van der Waals surface area contributed by atoms with Crippen molar-refractivity contribution in [2.24, 2.45) is 0 Å². The summed E-state index contributed by atoms with van der Waals surface area (Å²) >= 11 is 0. The molecule has 0 saturated heterocycles. The van der Waals surface area contributed by atoms with Gasteiger partial charge in [0.2, 0.25) is 0 Å². The van der Waals surface area contributed by atoms with E-state index in [9.17, 15) is 4.79 Å². The number of carbonyl (C=O) groups is 1. The topological polar surface area (TPSA) is 49.3 Å². The third kappa shape index (κ3) is 1.40. The predicted molar refractivity (Wildman–Crippen MR) is 49.3 cm³/mol. The van der Waals surface area contributed by atoms with Gasteiger partial charge in [0.05, 0.1) is 5.56 Å². The van der Waals surface area contributed by atoms with E-state index in [1.807, 2.05) is 18.3 Å². The maximum absolute atomic E-state index is 10.6. The highest BCUT2D eigenvalue weighted by Gasteiger charge is 2.07. The number of benzene rings is 1. The molecular formula is C10H9NO2. The van der Waals surface area contributed by atoms with E-state index in [0.717, 1.165) is 17.7 Å². The van der Waals surface area contributed by atoms with Gasteiger partial charge < -0.3 is 10.4 Å². The summed E-state index contributed by atoms with van der Waals surface area (Å²) in [5, 5.41) is 11.8. The minimum atomic E-state index is -0.880.